The van der Waals surface area contributed by atoms with Crippen molar-refractivity contribution in [2.45, 2.75) is 36.2 Å². The van der Waals surface area contributed by atoms with Gasteiger partial charge in [0, 0.05) is 73.4 Å². The number of nitrogens with zero attached hydrogens (tertiary/aromatic N) is 7. The summed E-state index contributed by atoms with van der Waals surface area (Å²) in [4.78, 5) is 36.1. The summed E-state index contributed by atoms with van der Waals surface area (Å²) in [6.45, 7) is 6.51. The van der Waals surface area contributed by atoms with Gasteiger partial charge in [0.15, 0.2) is 11.0 Å². The third kappa shape index (κ3) is 6.93. The molecule has 6 rings (SSSR count). The summed E-state index contributed by atoms with van der Waals surface area (Å²) in [5, 5.41) is 14.0. The van der Waals surface area contributed by atoms with Gasteiger partial charge in [-0.1, -0.05) is 0 Å². The molecule has 2 aliphatic rings. The second-order valence-corrected chi connectivity index (χ2v) is 11.2. The average Bonchev–Trinajstić information content (AvgIpc) is 3.75. The fraction of sp³-hybridized carbons (Fsp3) is 0.357. The van der Waals surface area contributed by atoms with Gasteiger partial charge in [-0.3, -0.25) is 19.8 Å². The zero-order valence-electron chi connectivity index (χ0n) is 22.4. The first-order valence-corrected chi connectivity index (χ1v) is 14.4. The largest absolute Gasteiger partial charge is 0.338 e. The molecule has 2 fully saturated rings. The highest BCUT2D eigenvalue weighted by Crippen LogP contribution is 2.31. The second kappa shape index (κ2) is 12.0. The lowest BCUT2D eigenvalue weighted by molar-refractivity contribution is -0.117. The molecule has 4 aromatic rings. The van der Waals surface area contributed by atoms with E-state index in [1.165, 1.54) is 17.3 Å². The van der Waals surface area contributed by atoms with Crippen LogP contribution in [0.5, 0.6) is 0 Å². The van der Waals surface area contributed by atoms with Crippen LogP contribution >= 0.6 is 11.8 Å². The van der Waals surface area contributed by atoms with Gasteiger partial charge in [0.2, 0.25) is 17.8 Å². The Hall–Kier alpha value is -4.03. The summed E-state index contributed by atoms with van der Waals surface area (Å²) in [7, 11) is 0. The number of pyridine rings is 1. The van der Waals surface area contributed by atoms with E-state index in [1.807, 2.05) is 49.6 Å². The Morgan fingerprint density at radius 1 is 1.02 bits per heavy atom. The lowest BCUT2D eigenvalue weighted by Gasteiger charge is -2.34. The monoisotopic (exact) mass is 556 g/mol. The number of carbonyl (C=O) groups excluding carboxylic acids is 1. The van der Waals surface area contributed by atoms with Gasteiger partial charge in [-0.15, -0.1) is 0 Å². The molecule has 40 heavy (non-hydrogen) atoms. The molecule has 0 bridgehead atoms. The standard InChI is InChI=1S/C28H32N10OS/c1-19-18-24(36-35-19)31-26-32-27(38-16-14-37(15-17-38)13-10-20-8-11-29-12-9-20)34-28(33-26)40-23-6-4-22(5-7-23)30-25(39)21-2-3-21/h4-9,11-12,18,21H,2-3,10,13-17H2,1H3,(H,30,39)(H2,31,32,33,34,35,36). The summed E-state index contributed by atoms with van der Waals surface area (Å²) in [6, 6.07) is 13.8. The van der Waals surface area contributed by atoms with Gasteiger partial charge in [-0.05, 0) is 79.9 Å². The molecule has 0 radical (unpaired) electrons. The molecule has 1 aliphatic heterocycles. The smallest absolute Gasteiger partial charge is 0.234 e. The van der Waals surface area contributed by atoms with Crippen LogP contribution in [0.3, 0.4) is 0 Å². The van der Waals surface area contributed by atoms with Gasteiger partial charge in [-0.25, -0.2) is 0 Å². The maximum Gasteiger partial charge on any atom is 0.234 e. The topological polar surface area (TPSA) is 128 Å². The van der Waals surface area contributed by atoms with Crippen molar-refractivity contribution >= 4 is 41.1 Å². The van der Waals surface area contributed by atoms with Crippen molar-refractivity contribution in [1.82, 2.24) is 35.0 Å². The molecule has 0 atom stereocenters. The van der Waals surface area contributed by atoms with Crippen molar-refractivity contribution in [3.63, 3.8) is 0 Å². The van der Waals surface area contributed by atoms with Crippen LogP contribution in [0, 0.1) is 12.8 Å². The number of nitrogens with one attached hydrogen (secondary N) is 3. The summed E-state index contributed by atoms with van der Waals surface area (Å²) in [5.74, 6) is 2.03. The normalized spacial score (nSPS) is 15.7. The number of anilines is 4. The summed E-state index contributed by atoms with van der Waals surface area (Å²) >= 11 is 1.46. The molecule has 1 saturated carbocycles. The number of rotatable bonds is 10. The van der Waals surface area contributed by atoms with Crippen molar-refractivity contribution in [2.75, 3.05) is 48.3 Å². The number of aromatic amines is 1. The molecule has 11 nitrogen and oxygen atoms in total. The molecule has 1 aromatic carbocycles. The minimum absolute atomic E-state index is 0.101. The van der Waals surface area contributed by atoms with Gasteiger partial charge >= 0.3 is 0 Å². The molecule has 12 heteroatoms. The molecule has 3 aromatic heterocycles. The van der Waals surface area contributed by atoms with E-state index in [0.29, 0.717) is 22.9 Å². The Kier molecular flexibility index (Phi) is 7.87. The first-order chi connectivity index (χ1) is 19.6. The summed E-state index contributed by atoms with van der Waals surface area (Å²) in [6.07, 6.45) is 6.67. The maximum atomic E-state index is 12.1. The Morgan fingerprint density at radius 2 is 1.80 bits per heavy atom. The van der Waals surface area contributed by atoms with Crippen LogP contribution in [0.15, 0.2) is 64.9 Å². The van der Waals surface area contributed by atoms with E-state index in [4.69, 9.17) is 9.97 Å². The Morgan fingerprint density at radius 3 is 2.50 bits per heavy atom. The first kappa shape index (κ1) is 26.2. The molecule has 1 aliphatic carbocycles. The van der Waals surface area contributed by atoms with Crippen LogP contribution in [0.4, 0.5) is 23.4 Å². The Labute approximate surface area is 237 Å². The van der Waals surface area contributed by atoms with E-state index in [0.717, 1.165) is 68.3 Å². The minimum Gasteiger partial charge on any atom is -0.338 e. The van der Waals surface area contributed by atoms with Gasteiger partial charge in [-0.2, -0.15) is 20.1 Å². The predicted molar refractivity (Wildman–Crippen MR) is 155 cm³/mol. The highest BCUT2D eigenvalue weighted by atomic mass is 32.2. The van der Waals surface area contributed by atoms with Crippen molar-refractivity contribution in [3.8, 4) is 0 Å². The number of hydrogen-bond acceptors (Lipinski definition) is 10. The molecule has 3 N–H and O–H groups in total. The molecular formula is C28H32N10OS. The van der Waals surface area contributed by atoms with Crippen LogP contribution in [-0.2, 0) is 11.2 Å². The summed E-state index contributed by atoms with van der Waals surface area (Å²) < 4.78 is 0. The van der Waals surface area contributed by atoms with Crippen LogP contribution in [0.25, 0.3) is 0 Å². The van der Waals surface area contributed by atoms with E-state index in [1.54, 1.807) is 0 Å². The number of amides is 1. The average molecular weight is 557 g/mol. The third-order valence-electron chi connectivity index (χ3n) is 6.95. The lowest BCUT2D eigenvalue weighted by Crippen LogP contribution is -2.47. The molecule has 0 unspecified atom stereocenters. The fourth-order valence-electron chi connectivity index (χ4n) is 4.50. The number of H-pyrrole nitrogens is 1. The Bertz CT molecular complexity index is 1430. The molecule has 1 saturated heterocycles. The zero-order valence-corrected chi connectivity index (χ0v) is 23.2. The lowest BCUT2D eigenvalue weighted by atomic mass is 10.2. The number of aryl methyl sites for hydroxylation is 1. The van der Waals surface area contributed by atoms with Gasteiger partial charge in [0.05, 0.1) is 0 Å². The summed E-state index contributed by atoms with van der Waals surface area (Å²) in [5.41, 5.74) is 3.05. The van der Waals surface area contributed by atoms with E-state index in [-0.39, 0.29) is 11.8 Å². The second-order valence-electron chi connectivity index (χ2n) is 10.1. The molecular weight excluding hydrogens is 524 g/mol. The molecule has 4 heterocycles. The number of aromatic nitrogens is 6. The quantitative estimate of drug-likeness (QED) is 0.265. The Balaban J connectivity index is 1.14. The van der Waals surface area contributed by atoms with Crippen LogP contribution in [-0.4, -0.2) is 73.7 Å². The van der Waals surface area contributed by atoms with E-state index >= 15 is 0 Å². The predicted octanol–water partition coefficient (Wildman–Crippen LogP) is 3.91. The SMILES string of the molecule is Cc1cc(Nc2nc(Sc3ccc(NC(=O)C4CC4)cc3)nc(N3CCN(CCc4ccncc4)CC3)n2)n[nH]1. The van der Waals surface area contributed by atoms with Gasteiger partial charge in [0.25, 0.3) is 0 Å². The molecule has 1 amide bonds. The molecule has 0 spiro atoms. The van der Waals surface area contributed by atoms with Crippen LogP contribution in [0.2, 0.25) is 0 Å². The van der Waals surface area contributed by atoms with Crippen molar-refractivity contribution in [1.29, 1.82) is 0 Å². The van der Waals surface area contributed by atoms with Crippen molar-refractivity contribution in [2.24, 2.45) is 5.92 Å². The number of hydrogen-bond donors (Lipinski definition) is 3. The molecule has 206 valence electrons. The van der Waals surface area contributed by atoms with E-state index in [2.05, 4.69) is 52.7 Å². The first-order valence-electron chi connectivity index (χ1n) is 13.6. The van der Waals surface area contributed by atoms with Gasteiger partial charge in [0.1, 0.15) is 0 Å². The van der Waals surface area contributed by atoms with E-state index in [9.17, 15) is 4.79 Å². The van der Waals surface area contributed by atoms with Crippen LogP contribution < -0.4 is 15.5 Å². The van der Waals surface area contributed by atoms with Gasteiger partial charge < -0.3 is 15.5 Å². The minimum atomic E-state index is 0.101. The highest BCUT2D eigenvalue weighted by molar-refractivity contribution is 7.99. The van der Waals surface area contributed by atoms with E-state index < -0.39 is 0 Å². The van der Waals surface area contributed by atoms with Crippen LogP contribution in [0.1, 0.15) is 24.1 Å². The highest BCUT2D eigenvalue weighted by Gasteiger charge is 2.29. The van der Waals surface area contributed by atoms with Crippen molar-refractivity contribution in [3.05, 3.63) is 66.1 Å². The number of benzene rings is 1. The number of carbonyl (C=O) groups is 1. The third-order valence-corrected chi connectivity index (χ3v) is 7.82. The van der Waals surface area contributed by atoms with Crippen molar-refractivity contribution < 1.29 is 4.79 Å². The number of piperazine rings is 1. The maximum absolute atomic E-state index is 12.1. The fourth-order valence-corrected chi connectivity index (χ4v) is 5.24. The zero-order chi connectivity index (χ0) is 27.3.